The fourth-order valence-corrected chi connectivity index (χ4v) is 3.75. The van der Waals surface area contributed by atoms with Crippen LogP contribution < -0.4 is 10.3 Å². The summed E-state index contributed by atoms with van der Waals surface area (Å²) in [6.45, 7) is 0.850. The number of ether oxygens (including phenoxy) is 1. The lowest BCUT2D eigenvalue weighted by Crippen LogP contribution is -2.37. The summed E-state index contributed by atoms with van der Waals surface area (Å²) < 4.78 is 6.79. The molecule has 28 heavy (non-hydrogen) atoms. The summed E-state index contributed by atoms with van der Waals surface area (Å²) in [6.07, 6.45) is 4.37. The molecule has 1 aliphatic carbocycles. The van der Waals surface area contributed by atoms with Crippen molar-refractivity contribution in [2.75, 3.05) is 14.2 Å². The van der Waals surface area contributed by atoms with E-state index in [1.807, 2.05) is 30.3 Å². The van der Waals surface area contributed by atoms with E-state index in [0.717, 1.165) is 42.8 Å². The Morgan fingerprint density at radius 1 is 1.25 bits per heavy atom. The molecule has 1 unspecified atom stereocenters. The van der Waals surface area contributed by atoms with Crippen LogP contribution in [-0.4, -0.2) is 39.9 Å². The Bertz CT molecular complexity index is 966. The number of benzene rings is 1. The first kappa shape index (κ1) is 20.2. The monoisotopic (exact) mass is 400 g/mol. The summed E-state index contributed by atoms with van der Waals surface area (Å²) in [7, 11) is 3.80. The molecule has 0 bridgehead atoms. The number of H-pyrrole nitrogens is 1. The van der Waals surface area contributed by atoms with Crippen LogP contribution in [0.5, 0.6) is 5.75 Å². The minimum atomic E-state index is 0. The van der Waals surface area contributed by atoms with Crippen LogP contribution in [0, 0.1) is 0 Å². The minimum absolute atomic E-state index is 0. The van der Waals surface area contributed by atoms with Gasteiger partial charge in [-0.05, 0) is 56.1 Å². The van der Waals surface area contributed by atoms with E-state index in [2.05, 4.69) is 34.2 Å². The number of fused-ring (bicyclic) bond motifs is 1. The van der Waals surface area contributed by atoms with Crippen molar-refractivity contribution >= 4 is 12.4 Å². The number of rotatable bonds is 5. The minimum Gasteiger partial charge on any atom is -0.497 e. The molecule has 0 aliphatic heterocycles. The smallest absolute Gasteiger partial charge is 0.276 e. The average Bonchev–Trinajstić information content (AvgIpc) is 3.05. The van der Waals surface area contributed by atoms with E-state index in [1.165, 1.54) is 5.56 Å². The van der Waals surface area contributed by atoms with Crippen molar-refractivity contribution in [3.63, 3.8) is 0 Å². The standard InChI is InChI=1S/C21H24N4O2.ClH/c1-24(14-15-6-9-17(27-2)10-7-15)16-8-11-19-18(13-16)21(26)25(23-19)20-5-3-4-12-22-20;/h3-7,9-10,12,16,23H,8,11,13-14H2,1-2H3;1H. The molecular formula is C21H25ClN4O2. The van der Waals surface area contributed by atoms with Crippen molar-refractivity contribution in [3.8, 4) is 11.6 Å². The molecule has 0 fully saturated rings. The van der Waals surface area contributed by atoms with E-state index in [4.69, 9.17) is 4.74 Å². The quantitative estimate of drug-likeness (QED) is 0.715. The lowest BCUT2D eigenvalue weighted by Gasteiger charge is -2.30. The van der Waals surface area contributed by atoms with Crippen LogP contribution in [0.1, 0.15) is 23.2 Å². The molecule has 3 aromatic rings. The van der Waals surface area contributed by atoms with Crippen molar-refractivity contribution in [1.29, 1.82) is 0 Å². The van der Waals surface area contributed by atoms with Gasteiger partial charge in [0.15, 0.2) is 5.82 Å². The zero-order valence-corrected chi connectivity index (χ0v) is 16.9. The molecule has 0 saturated heterocycles. The predicted octanol–water partition coefficient (Wildman–Crippen LogP) is 2.98. The number of aromatic nitrogens is 3. The number of nitrogens with zero attached hydrogens (tertiary/aromatic N) is 3. The molecule has 6 nitrogen and oxygen atoms in total. The molecule has 1 N–H and O–H groups in total. The molecule has 1 aromatic carbocycles. The van der Waals surface area contributed by atoms with Crippen LogP contribution in [-0.2, 0) is 19.4 Å². The highest BCUT2D eigenvalue weighted by Crippen LogP contribution is 2.23. The van der Waals surface area contributed by atoms with Crippen LogP contribution >= 0.6 is 12.4 Å². The number of pyridine rings is 1. The van der Waals surface area contributed by atoms with Crippen molar-refractivity contribution in [2.45, 2.75) is 31.8 Å². The van der Waals surface area contributed by atoms with E-state index in [9.17, 15) is 4.79 Å². The highest BCUT2D eigenvalue weighted by Gasteiger charge is 2.27. The largest absolute Gasteiger partial charge is 0.497 e. The molecule has 0 saturated carbocycles. The van der Waals surface area contributed by atoms with Gasteiger partial charge < -0.3 is 4.74 Å². The summed E-state index contributed by atoms with van der Waals surface area (Å²) in [6, 6.07) is 14.1. The van der Waals surface area contributed by atoms with Gasteiger partial charge in [0.1, 0.15) is 5.75 Å². The first-order chi connectivity index (χ1) is 13.2. The number of aromatic amines is 1. The zero-order valence-electron chi connectivity index (χ0n) is 16.1. The SMILES string of the molecule is COc1ccc(CN(C)C2CCc3[nH]n(-c4ccccn4)c(=O)c3C2)cc1.Cl. The van der Waals surface area contributed by atoms with Crippen LogP contribution in [0.3, 0.4) is 0 Å². The van der Waals surface area contributed by atoms with E-state index in [1.54, 1.807) is 18.0 Å². The van der Waals surface area contributed by atoms with Gasteiger partial charge in [0.25, 0.3) is 5.56 Å². The van der Waals surface area contributed by atoms with Crippen molar-refractivity contribution in [1.82, 2.24) is 19.7 Å². The van der Waals surface area contributed by atoms with Crippen LogP contribution in [0.25, 0.3) is 5.82 Å². The third-order valence-electron chi connectivity index (χ3n) is 5.33. The Kier molecular flexibility index (Phi) is 6.21. The molecule has 0 spiro atoms. The van der Waals surface area contributed by atoms with Crippen molar-refractivity contribution in [3.05, 3.63) is 75.8 Å². The summed E-state index contributed by atoms with van der Waals surface area (Å²) in [5.74, 6) is 1.51. The lowest BCUT2D eigenvalue weighted by atomic mass is 9.92. The Hall–Kier alpha value is -2.57. The zero-order chi connectivity index (χ0) is 18.8. The summed E-state index contributed by atoms with van der Waals surface area (Å²) >= 11 is 0. The maximum atomic E-state index is 12.9. The molecule has 7 heteroatoms. The predicted molar refractivity (Wildman–Crippen MR) is 112 cm³/mol. The number of nitrogens with one attached hydrogen (secondary N) is 1. The molecule has 1 atom stereocenters. The molecule has 4 rings (SSSR count). The first-order valence-corrected chi connectivity index (χ1v) is 9.23. The van der Waals surface area contributed by atoms with E-state index in [-0.39, 0.29) is 18.0 Å². The average molecular weight is 401 g/mol. The van der Waals surface area contributed by atoms with Crippen LogP contribution in [0.4, 0.5) is 0 Å². The summed E-state index contributed by atoms with van der Waals surface area (Å²) in [5.41, 5.74) is 3.19. The van der Waals surface area contributed by atoms with Crippen LogP contribution in [0.15, 0.2) is 53.5 Å². The van der Waals surface area contributed by atoms with Crippen molar-refractivity contribution in [2.24, 2.45) is 0 Å². The normalized spacial score (nSPS) is 15.8. The molecule has 0 amide bonds. The molecule has 148 valence electrons. The van der Waals surface area contributed by atoms with Gasteiger partial charge in [-0.3, -0.25) is 14.8 Å². The van der Waals surface area contributed by atoms with Gasteiger partial charge in [0.2, 0.25) is 0 Å². The summed E-state index contributed by atoms with van der Waals surface area (Å²) in [4.78, 5) is 19.5. The molecule has 1 aliphatic rings. The second-order valence-electron chi connectivity index (χ2n) is 7.06. The topological polar surface area (TPSA) is 63.1 Å². The maximum absolute atomic E-state index is 12.9. The second kappa shape index (κ2) is 8.63. The Labute approximate surface area is 170 Å². The maximum Gasteiger partial charge on any atom is 0.276 e. The van der Waals surface area contributed by atoms with Gasteiger partial charge in [-0.25, -0.2) is 9.67 Å². The molecule has 0 radical (unpaired) electrons. The first-order valence-electron chi connectivity index (χ1n) is 9.23. The highest BCUT2D eigenvalue weighted by atomic mass is 35.5. The van der Waals surface area contributed by atoms with E-state index in [0.29, 0.717) is 11.9 Å². The van der Waals surface area contributed by atoms with Gasteiger partial charge in [-0.2, -0.15) is 0 Å². The number of likely N-dealkylation sites (N-methyl/N-ethyl adjacent to an activating group) is 1. The lowest BCUT2D eigenvalue weighted by molar-refractivity contribution is 0.213. The third-order valence-corrected chi connectivity index (χ3v) is 5.33. The van der Waals surface area contributed by atoms with Crippen LogP contribution in [0.2, 0.25) is 0 Å². The fraction of sp³-hybridized carbons (Fsp3) is 0.333. The third kappa shape index (κ3) is 3.98. The highest BCUT2D eigenvalue weighted by molar-refractivity contribution is 5.85. The number of methoxy groups -OCH3 is 1. The Morgan fingerprint density at radius 2 is 2.04 bits per heavy atom. The van der Waals surface area contributed by atoms with Gasteiger partial charge >= 0.3 is 0 Å². The van der Waals surface area contributed by atoms with Gasteiger partial charge in [0.05, 0.1) is 7.11 Å². The fourth-order valence-electron chi connectivity index (χ4n) is 3.75. The summed E-state index contributed by atoms with van der Waals surface area (Å²) in [5, 5.41) is 3.25. The number of hydrogen-bond donors (Lipinski definition) is 1. The van der Waals surface area contributed by atoms with Gasteiger partial charge in [-0.15, -0.1) is 12.4 Å². The number of aryl methyl sites for hydroxylation is 1. The molecule has 2 heterocycles. The Morgan fingerprint density at radius 3 is 2.71 bits per heavy atom. The van der Waals surface area contributed by atoms with Gasteiger partial charge in [-0.1, -0.05) is 18.2 Å². The number of halogens is 1. The van der Waals surface area contributed by atoms with Gasteiger partial charge in [0, 0.05) is 30.0 Å². The Balaban J connectivity index is 0.00000225. The van der Waals surface area contributed by atoms with Crippen molar-refractivity contribution < 1.29 is 4.74 Å². The van der Waals surface area contributed by atoms with E-state index < -0.39 is 0 Å². The van der Waals surface area contributed by atoms with E-state index >= 15 is 0 Å². The molecular weight excluding hydrogens is 376 g/mol. The second-order valence-corrected chi connectivity index (χ2v) is 7.06. The number of hydrogen-bond acceptors (Lipinski definition) is 4. The molecule has 2 aromatic heterocycles.